The van der Waals surface area contributed by atoms with E-state index in [1.807, 2.05) is 19.2 Å². The van der Waals surface area contributed by atoms with Gasteiger partial charge in [-0.25, -0.2) is 5.43 Å². The minimum atomic E-state index is -0.336. The molecule has 0 bridgehead atoms. The van der Waals surface area contributed by atoms with E-state index in [1.165, 1.54) is 0 Å². The first kappa shape index (κ1) is 19.3. The first-order valence-corrected chi connectivity index (χ1v) is 9.40. The van der Waals surface area contributed by atoms with Gasteiger partial charge >= 0.3 is 0 Å². The number of benzene rings is 2. The zero-order valence-corrected chi connectivity index (χ0v) is 17.7. The summed E-state index contributed by atoms with van der Waals surface area (Å²) in [5.74, 6) is 0.239. The zero-order chi connectivity index (χ0) is 17.5. The Morgan fingerprint density at radius 3 is 2.46 bits per heavy atom. The fourth-order valence-corrected chi connectivity index (χ4v) is 4.28. The molecule has 2 rings (SSSR count). The third kappa shape index (κ3) is 5.78. The lowest BCUT2D eigenvalue weighted by molar-refractivity contribution is -0.123. The molecule has 0 heterocycles. The monoisotopic (exact) mass is 569 g/mol. The average Bonchev–Trinajstić information content (AvgIpc) is 2.54. The van der Waals surface area contributed by atoms with E-state index in [0.717, 1.165) is 18.4 Å². The normalized spacial score (nSPS) is 10.7. The first-order chi connectivity index (χ1) is 11.5. The van der Waals surface area contributed by atoms with Crippen molar-refractivity contribution in [3.05, 3.63) is 54.1 Å². The van der Waals surface area contributed by atoms with Crippen LogP contribution < -0.4 is 15.5 Å². The van der Waals surface area contributed by atoms with Crippen LogP contribution in [0.1, 0.15) is 5.56 Å². The molecule has 0 saturated carbocycles. The molecule has 2 N–H and O–H groups in total. The van der Waals surface area contributed by atoms with Crippen LogP contribution in [0.25, 0.3) is 0 Å². The van der Waals surface area contributed by atoms with Crippen molar-refractivity contribution >= 4 is 74.6 Å². The number of rotatable bonds is 6. The van der Waals surface area contributed by atoms with Gasteiger partial charge in [-0.1, -0.05) is 11.6 Å². The van der Waals surface area contributed by atoms with Crippen LogP contribution in [0.3, 0.4) is 0 Å². The maximum atomic E-state index is 11.7. The number of nitrogens with zero attached hydrogens (tertiary/aromatic N) is 1. The van der Waals surface area contributed by atoms with Crippen molar-refractivity contribution in [1.29, 1.82) is 0 Å². The fraction of sp³-hybridized carbons (Fsp3) is 0.125. The number of ether oxygens (including phenoxy) is 1. The molecule has 126 valence electrons. The van der Waals surface area contributed by atoms with Crippen LogP contribution in [0.4, 0.5) is 5.69 Å². The number of nitrogens with one attached hydrogen (secondary N) is 2. The van der Waals surface area contributed by atoms with Crippen molar-refractivity contribution in [2.75, 3.05) is 19.0 Å². The van der Waals surface area contributed by atoms with E-state index in [-0.39, 0.29) is 12.5 Å². The van der Waals surface area contributed by atoms with E-state index < -0.39 is 0 Å². The van der Waals surface area contributed by atoms with Gasteiger partial charge in [0, 0.05) is 19.2 Å². The summed E-state index contributed by atoms with van der Waals surface area (Å²) in [5, 5.41) is 7.72. The summed E-state index contributed by atoms with van der Waals surface area (Å²) in [6, 6.07) is 10.8. The van der Waals surface area contributed by atoms with Gasteiger partial charge in [-0.3, -0.25) is 4.79 Å². The Labute approximate surface area is 172 Å². The Morgan fingerprint density at radius 2 is 1.88 bits per heavy atom. The van der Waals surface area contributed by atoms with Crippen molar-refractivity contribution < 1.29 is 9.53 Å². The van der Waals surface area contributed by atoms with Crippen molar-refractivity contribution in [3.63, 3.8) is 0 Å². The van der Waals surface area contributed by atoms with Gasteiger partial charge in [-0.05, 0) is 87.1 Å². The maximum absolute atomic E-state index is 11.7. The van der Waals surface area contributed by atoms with E-state index in [1.54, 1.807) is 30.5 Å². The average molecular weight is 570 g/mol. The number of carbonyl (C=O) groups excluding carboxylic acids is 1. The Kier molecular flexibility index (Phi) is 7.56. The molecule has 24 heavy (non-hydrogen) atoms. The second kappa shape index (κ2) is 9.42. The predicted molar refractivity (Wildman–Crippen MR) is 114 cm³/mol. The number of amides is 1. The molecule has 2 aromatic carbocycles. The van der Waals surface area contributed by atoms with E-state index >= 15 is 0 Å². The molecular weight excluding hydrogens is 555 g/mol. The molecule has 0 radical (unpaired) electrons. The third-order valence-electron chi connectivity index (χ3n) is 2.90. The van der Waals surface area contributed by atoms with Crippen LogP contribution in [0, 0.1) is 7.14 Å². The summed E-state index contributed by atoms with van der Waals surface area (Å²) in [5.41, 5.74) is 4.42. The lowest BCUT2D eigenvalue weighted by Crippen LogP contribution is -2.24. The minimum Gasteiger partial charge on any atom is -0.484 e. The standard InChI is InChI=1S/C16H14ClI2N3O2/c1-20-16-13(18)6-10(7-14(16)19)8-21-22-15(23)9-24-12-4-2-11(17)3-5-12/h2-8,20H,9H2,1H3,(H,22,23)/b21-8-. The molecule has 8 heteroatoms. The molecule has 0 fully saturated rings. The predicted octanol–water partition coefficient (Wildman–Crippen LogP) is 4.12. The molecule has 0 spiro atoms. The molecule has 0 atom stereocenters. The van der Waals surface area contributed by atoms with E-state index in [2.05, 4.69) is 61.0 Å². The molecule has 0 aliphatic rings. The number of anilines is 1. The molecule has 5 nitrogen and oxygen atoms in total. The van der Waals surface area contributed by atoms with Crippen LogP contribution in [-0.2, 0) is 4.79 Å². The van der Waals surface area contributed by atoms with E-state index in [9.17, 15) is 4.79 Å². The van der Waals surface area contributed by atoms with Crippen molar-refractivity contribution in [2.24, 2.45) is 5.10 Å². The molecule has 2 aromatic rings. The highest BCUT2D eigenvalue weighted by molar-refractivity contribution is 14.1. The van der Waals surface area contributed by atoms with Crippen LogP contribution in [0.5, 0.6) is 5.75 Å². The van der Waals surface area contributed by atoms with Gasteiger partial charge in [-0.2, -0.15) is 5.10 Å². The fourth-order valence-electron chi connectivity index (χ4n) is 1.80. The molecule has 1 amide bonds. The lowest BCUT2D eigenvalue weighted by Gasteiger charge is -2.08. The summed E-state index contributed by atoms with van der Waals surface area (Å²) in [6.07, 6.45) is 1.60. The SMILES string of the molecule is CNc1c(I)cc(/C=N\NC(=O)COc2ccc(Cl)cc2)cc1I. The third-order valence-corrected chi connectivity index (χ3v) is 4.85. The Morgan fingerprint density at radius 1 is 1.25 bits per heavy atom. The summed E-state index contributed by atoms with van der Waals surface area (Å²) in [7, 11) is 1.88. The number of hydrazone groups is 1. The van der Waals surface area contributed by atoms with Crippen LogP contribution >= 0.6 is 56.8 Å². The van der Waals surface area contributed by atoms with Crippen LogP contribution in [0.15, 0.2) is 41.5 Å². The molecule has 0 aliphatic carbocycles. The lowest BCUT2D eigenvalue weighted by atomic mass is 10.2. The van der Waals surface area contributed by atoms with Gasteiger partial charge in [0.25, 0.3) is 5.91 Å². The van der Waals surface area contributed by atoms with Crippen LogP contribution in [0.2, 0.25) is 5.02 Å². The van der Waals surface area contributed by atoms with Gasteiger partial charge in [0.1, 0.15) is 5.75 Å². The summed E-state index contributed by atoms with van der Waals surface area (Å²) >= 11 is 10.3. The number of halogens is 3. The molecular formula is C16H14ClI2N3O2. The first-order valence-electron chi connectivity index (χ1n) is 6.86. The van der Waals surface area contributed by atoms with Crippen molar-refractivity contribution in [1.82, 2.24) is 5.43 Å². The zero-order valence-electron chi connectivity index (χ0n) is 12.6. The van der Waals surface area contributed by atoms with Gasteiger partial charge < -0.3 is 10.1 Å². The Balaban J connectivity index is 1.87. The molecule has 0 aromatic heterocycles. The van der Waals surface area contributed by atoms with E-state index in [0.29, 0.717) is 10.8 Å². The van der Waals surface area contributed by atoms with Crippen molar-refractivity contribution in [2.45, 2.75) is 0 Å². The highest BCUT2D eigenvalue weighted by Crippen LogP contribution is 2.25. The number of hydrogen-bond donors (Lipinski definition) is 2. The largest absolute Gasteiger partial charge is 0.484 e. The second-order valence-electron chi connectivity index (χ2n) is 4.65. The summed E-state index contributed by atoms with van der Waals surface area (Å²) in [4.78, 5) is 11.7. The van der Waals surface area contributed by atoms with Gasteiger partial charge in [-0.15, -0.1) is 0 Å². The summed E-state index contributed by atoms with van der Waals surface area (Å²) in [6.45, 7) is -0.118. The number of carbonyl (C=O) groups is 1. The van der Waals surface area contributed by atoms with Gasteiger partial charge in [0.15, 0.2) is 6.61 Å². The van der Waals surface area contributed by atoms with Gasteiger partial charge in [0.05, 0.1) is 11.9 Å². The van der Waals surface area contributed by atoms with Gasteiger partial charge in [0.2, 0.25) is 0 Å². The Bertz CT molecular complexity index is 728. The summed E-state index contributed by atoms with van der Waals surface area (Å²) < 4.78 is 7.51. The Hall–Kier alpha value is -1.07. The quantitative estimate of drug-likeness (QED) is 0.313. The smallest absolute Gasteiger partial charge is 0.277 e. The molecule has 0 unspecified atom stereocenters. The highest BCUT2D eigenvalue weighted by Gasteiger charge is 2.05. The van der Waals surface area contributed by atoms with E-state index in [4.69, 9.17) is 16.3 Å². The topological polar surface area (TPSA) is 62.7 Å². The second-order valence-corrected chi connectivity index (χ2v) is 7.41. The van der Waals surface area contributed by atoms with Crippen molar-refractivity contribution in [3.8, 4) is 5.75 Å². The highest BCUT2D eigenvalue weighted by atomic mass is 127. The van der Waals surface area contributed by atoms with Crippen LogP contribution in [-0.4, -0.2) is 25.8 Å². The number of hydrogen-bond acceptors (Lipinski definition) is 4. The molecule has 0 saturated heterocycles. The maximum Gasteiger partial charge on any atom is 0.277 e. The molecule has 0 aliphatic heterocycles. The minimum absolute atomic E-state index is 0.118.